The van der Waals surface area contributed by atoms with Gasteiger partial charge in [-0.2, -0.15) is 0 Å². The number of halogens is 1. The average molecular weight is 216 g/mol. The Balaban J connectivity index is 2.19. The molecule has 0 N–H and O–H groups in total. The Morgan fingerprint density at radius 1 is 1.20 bits per heavy atom. The molecule has 1 aliphatic rings. The van der Waals surface area contributed by atoms with E-state index in [2.05, 4.69) is 6.92 Å². The minimum Gasteiger partial charge on any atom is -0.382 e. The number of hydrogen-bond donors (Lipinski definition) is 0. The molecule has 90 valence electrons. The van der Waals surface area contributed by atoms with E-state index in [0.717, 1.165) is 25.2 Å². The summed E-state index contributed by atoms with van der Waals surface area (Å²) < 4.78 is 19.0. The van der Waals surface area contributed by atoms with Gasteiger partial charge in [-0.1, -0.05) is 19.8 Å². The Morgan fingerprint density at radius 3 is 2.33 bits per heavy atom. The predicted molar refractivity (Wildman–Crippen MR) is 61.7 cm³/mol. The Bertz CT molecular complexity index is 164. The van der Waals surface area contributed by atoms with Crippen molar-refractivity contribution >= 4 is 0 Å². The highest BCUT2D eigenvalue weighted by Gasteiger charge is 2.25. The van der Waals surface area contributed by atoms with Gasteiger partial charge in [-0.25, -0.2) is 4.39 Å². The average Bonchev–Trinajstić information content (AvgIpc) is 2.26. The molecule has 0 aromatic carbocycles. The van der Waals surface area contributed by atoms with Gasteiger partial charge >= 0.3 is 0 Å². The van der Waals surface area contributed by atoms with Gasteiger partial charge in [0.2, 0.25) is 0 Å². The highest BCUT2D eigenvalue weighted by molar-refractivity contribution is 4.76. The van der Waals surface area contributed by atoms with Crippen LogP contribution >= 0.6 is 0 Å². The molecule has 0 spiro atoms. The van der Waals surface area contributed by atoms with E-state index in [4.69, 9.17) is 4.74 Å². The van der Waals surface area contributed by atoms with Gasteiger partial charge < -0.3 is 4.74 Å². The number of methoxy groups -OCH3 is 1. The van der Waals surface area contributed by atoms with Crippen molar-refractivity contribution in [2.75, 3.05) is 7.11 Å². The van der Waals surface area contributed by atoms with Crippen LogP contribution in [0.4, 0.5) is 4.39 Å². The van der Waals surface area contributed by atoms with Crippen LogP contribution in [-0.2, 0) is 4.74 Å². The fourth-order valence-electron chi connectivity index (χ4n) is 2.40. The summed E-state index contributed by atoms with van der Waals surface area (Å²) in [5.41, 5.74) is 0. The Kier molecular flexibility index (Phi) is 5.59. The molecule has 2 atom stereocenters. The van der Waals surface area contributed by atoms with Crippen LogP contribution in [-0.4, -0.2) is 19.4 Å². The van der Waals surface area contributed by atoms with Crippen molar-refractivity contribution in [2.24, 2.45) is 11.8 Å². The molecule has 0 heterocycles. The third kappa shape index (κ3) is 4.50. The van der Waals surface area contributed by atoms with E-state index in [1.165, 1.54) is 12.8 Å². The second-order valence-corrected chi connectivity index (χ2v) is 5.16. The van der Waals surface area contributed by atoms with E-state index in [1.807, 2.05) is 6.92 Å². The van der Waals surface area contributed by atoms with Crippen LogP contribution in [0.1, 0.15) is 52.4 Å². The van der Waals surface area contributed by atoms with Crippen molar-refractivity contribution in [3.05, 3.63) is 0 Å². The lowest BCUT2D eigenvalue weighted by Gasteiger charge is -2.29. The Morgan fingerprint density at radius 2 is 1.80 bits per heavy atom. The largest absolute Gasteiger partial charge is 0.382 e. The molecule has 1 nitrogen and oxygen atoms in total. The van der Waals surface area contributed by atoms with E-state index < -0.39 is 6.17 Å². The highest BCUT2D eigenvalue weighted by Crippen LogP contribution is 2.33. The van der Waals surface area contributed by atoms with Crippen molar-refractivity contribution < 1.29 is 9.13 Å². The molecule has 0 amide bonds. The molecular weight excluding hydrogens is 191 g/mol. The van der Waals surface area contributed by atoms with E-state index in [-0.39, 0.29) is 6.10 Å². The highest BCUT2D eigenvalue weighted by atomic mass is 19.1. The lowest BCUT2D eigenvalue weighted by molar-refractivity contribution is 0.0856. The van der Waals surface area contributed by atoms with Crippen molar-refractivity contribution in [3.8, 4) is 0 Å². The zero-order valence-corrected chi connectivity index (χ0v) is 10.3. The molecule has 1 saturated carbocycles. The van der Waals surface area contributed by atoms with Crippen LogP contribution in [0.15, 0.2) is 0 Å². The van der Waals surface area contributed by atoms with Gasteiger partial charge in [0.05, 0.1) is 6.10 Å². The molecule has 1 aliphatic carbocycles. The van der Waals surface area contributed by atoms with Crippen LogP contribution in [0.5, 0.6) is 0 Å². The number of alkyl halides is 1. The number of hydrogen-bond acceptors (Lipinski definition) is 1. The molecular formula is C13H25FO. The Labute approximate surface area is 93.4 Å². The lowest BCUT2D eigenvalue weighted by atomic mass is 9.79. The van der Waals surface area contributed by atoms with Gasteiger partial charge in [0.15, 0.2) is 0 Å². The first-order valence-corrected chi connectivity index (χ1v) is 6.30. The van der Waals surface area contributed by atoms with E-state index in [9.17, 15) is 4.39 Å². The summed E-state index contributed by atoms with van der Waals surface area (Å²) in [7, 11) is 1.69. The van der Waals surface area contributed by atoms with Gasteiger partial charge in [0, 0.05) is 7.11 Å². The second-order valence-electron chi connectivity index (χ2n) is 5.16. The summed E-state index contributed by atoms with van der Waals surface area (Å²) in [6, 6.07) is 0. The smallest absolute Gasteiger partial charge is 0.103 e. The maximum absolute atomic E-state index is 13.9. The van der Waals surface area contributed by atoms with Crippen LogP contribution in [0.25, 0.3) is 0 Å². The fourth-order valence-corrected chi connectivity index (χ4v) is 2.40. The molecule has 2 heteroatoms. The van der Waals surface area contributed by atoms with Crippen molar-refractivity contribution in [1.82, 2.24) is 0 Å². The zero-order valence-electron chi connectivity index (χ0n) is 10.3. The summed E-state index contributed by atoms with van der Waals surface area (Å²) in [4.78, 5) is 0. The van der Waals surface area contributed by atoms with Gasteiger partial charge in [0.25, 0.3) is 0 Å². The van der Waals surface area contributed by atoms with Gasteiger partial charge in [-0.05, 0) is 44.4 Å². The standard InChI is InChI=1S/C13H25FO/c1-10-4-7-12(8-5-10)13(14)9-6-11(2)15-3/h10-13H,4-9H2,1-3H3. The SMILES string of the molecule is COC(C)CCC(F)C1CCC(C)CC1. The molecule has 0 saturated heterocycles. The van der Waals surface area contributed by atoms with Crippen LogP contribution in [0.2, 0.25) is 0 Å². The molecule has 1 rings (SSSR count). The normalized spacial score (nSPS) is 31.2. The van der Waals surface area contributed by atoms with Crippen molar-refractivity contribution in [3.63, 3.8) is 0 Å². The lowest BCUT2D eigenvalue weighted by Crippen LogP contribution is -2.23. The van der Waals surface area contributed by atoms with Gasteiger partial charge in [-0.3, -0.25) is 0 Å². The third-order valence-electron chi connectivity index (χ3n) is 3.82. The second kappa shape index (κ2) is 6.47. The molecule has 1 fully saturated rings. The maximum Gasteiger partial charge on any atom is 0.103 e. The summed E-state index contributed by atoms with van der Waals surface area (Å²) in [6.45, 7) is 4.28. The maximum atomic E-state index is 13.9. The van der Waals surface area contributed by atoms with Crippen LogP contribution in [0, 0.1) is 11.8 Å². The van der Waals surface area contributed by atoms with Gasteiger partial charge in [-0.15, -0.1) is 0 Å². The molecule has 0 aromatic rings. The van der Waals surface area contributed by atoms with Crippen molar-refractivity contribution in [1.29, 1.82) is 0 Å². The first kappa shape index (κ1) is 13.0. The topological polar surface area (TPSA) is 9.23 Å². The van der Waals surface area contributed by atoms with Crippen molar-refractivity contribution in [2.45, 2.75) is 64.6 Å². The summed E-state index contributed by atoms with van der Waals surface area (Å²) in [5, 5.41) is 0. The van der Waals surface area contributed by atoms with Crippen LogP contribution < -0.4 is 0 Å². The first-order valence-electron chi connectivity index (χ1n) is 6.30. The van der Waals surface area contributed by atoms with Gasteiger partial charge in [0.1, 0.15) is 6.17 Å². The molecule has 15 heavy (non-hydrogen) atoms. The van der Waals surface area contributed by atoms with E-state index in [0.29, 0.717) is 12.3 Å². The predicted octanol–water partition coefficient (Wildman–Crippen LogP) is 3.97. The summed E-state index contributed by atoms with van der Waals surface area (Å²) in [5.74, 6) is 1.14. The quantitative estimate of drug-likeness (QED) is 0.675. The van der Waals surface area contributed by atoms with E-state index in [1.54, 1.807) is 7.11 Å². The summed E-state index contributed by atoms with van der Waals surface area (Å²) >= 11 is 0. The molecule has 0 bridgehead atoms. The molecule has 0 aromatic heterocycles. The van der Waals surface area contributed by atoms with Crippen LogP contribution in [0.3, 0.4) is 0 Å². The fraction of sp³-hybridized carbons (Fsp3) is 1.00. The summed E-state index contributed by atoms with van der Waals surface area (Å²) in [6.07, 6.45) is 5.72. The molecule has 2 unspecified atom stereocenters. The molecule has 0 aliphatic heterocycles. The zero-order chi connectivity index (χ0) is 11.3. The monoisotopic (exact) mass is 216 g/mol. The minimum absolute atomic E-state index is 0.200. The first-order chi connectivity index (χ1) is 7.13. The Hall–Kier alpha value is -0.110. The minimum atomic E-state index is -0.602. The number of rotatable bonds is 5. The number of ether oxygens (including phenoxy) is 1. The third-order valence-corrected chi connectivity index (χ3v) is 3.82. The molecule has 0 radical (unpaired) electrons. The van der Waals surface area contributed by atoms with E-state index >= 15 is 0 Å².